The van der Waals surface area contributed by atoms with Crippen molar-refractivity contribution in [2.45, 2.75) is 0 Å². The Balaban J connectivity index is 1.43. The maximum atomic E-state index is 5.42. The number of nitrogens with zero attached hydrogens (tertiary/aromatic N) is 3. The SMILES string of the molecule is c1ccc(-c2cc(-c3ccccc3)nc(-n3c4ccccc4c4ccc5c6ccccc6n6c7ccccc7cc6c5c43)c2)cc1. The summed E-state index contributed by atoms with van der Waals surface area (Å²) < 4.78 is 4.84. The molecule has 46 heavy (non-hydrogen) atoms. The normalized spacial score (nSPS) is 11.9. The highest BCUT2D eigenvalue weighted by Crippen LogP contribution is 2.42. The Bertz CT molecular complexity index is 2730. The van der Waals surface area contributed by atoms with Gasteiger partial charge in [-0.05, 0) is 52.9 Å². The molecule has 4 heterocycles. The molecule has 10 rings (SSSR count). The maximum absolute atomic E-state index is 5.42. The Labute approximate surface area is 265 Å². The Hall–Kier alpha value is -6.19. The molecule has 10 aromatic rings. The average Bonchev–Trinajstić information content (AvgIpc) is 3.69. The number of pyridine rings is 2. The first kappa shape index (κ1) is 25.2. The van der Waals surface area contributed by atoms with Crippen molar-refractivity contribution in [1.29, 1.82) is 0 Å². The van der Waals surface area contributed by atoms with Gasteiger partial charge in [0.1, 0.15) is 5.82 Å². The van der Waals surface area contributed by atoms with Gasteiger partial charge in [-0.1, -0.05) is 127 Å². The summed E-state index contributed by atoms with van der Waals surface area (Å²) >= 11 is 0. The monoisotopic (exact) mass is 585 g/mol. The largest absolute Gasteiger partial charge is 0.309 e. The number of fused-ring (bicyclic) bond motifs is 12. The van der Waals surface area contributed by atoms with Crippen LogP contribution < -0.4 is 0 Å². The average molecular weight is 586 g/mol. The summed E-state index contributed by atoms with van der Waals surface area (Å²) in [4.78, 5) is 5.42. The summed E-state index contributed by atoms with van der Waals surface area (Å²) in [5.41, 5.74) is 10.3. The van der Waals surface area contributed by atoms with Crippen LogP contribution in [0.2, 0.25) is 0 Å². The molecule has 0 saturated carbocycles. The minimum atomic E-state index is 0.904. The van der Waals surface area contributed by atoms with E-state index in [1.165, 1.54) is 59.9 Å². The van der Waals surface area contributed by atoms with Crippen LogP contribution in [0.5, 0.6) is 0 Å². The smallest absolute Gasteiger partial charge is 0.138 e. The van der Waals surface area contributed by atoms with Gasteiger partial charge in [0.05, 0.1) is 33.3 Å². The summed E-state index contributed by atoms with van der Waals surface area (Å²) in [6.45, 7) is 0. The fourth-order valence-corrected chi connectivity index (χ4v) is 7.46. The Morgan fingerprint density at radius 1 is 0.391 bits per heavy atom. The lowest BCUT2D eigenvalue weighted by atomic mass is 10.0. The molecule has 0 fully saturated rings. The van der Waals surface area contributed by atoms with Crippen LogP contribution in [0.15, 0.2) is 164 Å². The van der Waals surface area contributed by atoms with Crippen molar-refractivity contribution in [3.63, 3.8) is 0 Å². The van der Waals surface area contributed by atoms with E-state index >= 15 is 0 Å². The van der Waals surface area contributed by atoms with Gasteiger partial charge < -0.3 is 4.40 Å². The first-order chi connectivity index (χ1) is 22.8. The lowest BCUT2D eigenvalue weighted by Gasteiger charge is -2.15. The molecule has 6 aromatic carbocycles. The Morgan fingerprint density at radius 2 is 1.00 bits per heavy atom. The molecule has 0 bridgehead atoms. The fourth-order valence-electron chi connectivity index (χ4n) is 7.46. The van der Waals surface area contributed by atoms with Gasteiger partial charge in [-0.15, -0.1) is 0 Å². The number of hydrogen-bond acceptors (Lipinski definition) is 1. The second-order valence-corrected chi connectivity index (χ2v) is 12.0. The van der Waals surface area contributed by atoms with Crippen LogP contribution in [0.1, 0.15) is 0 Å². The number of para-hydroxylation sites is 3. The number of hydrogen-bond donors (Lipinski definition) is 0. The summed E-state index contributed by atoms with van der Waals surface area (Å²) in [6.07, 6.45) is 0. The van der Waals surface area contributed by atoms with Gasteiger partial charge in [0.25, 0.3) is 0 Å². The van der Waals surface area contributed by atoms with Gasteiger partial charge in [0, 0.05) is 32.5 Å². The molecule has 0 spiro atoms. The first-order valence-corrected chi connectivity index (χ1v) is 15.7. The summed E-state index contributed by atoms with van der Waals surface area (Å²) in [6, 6.07) is 58.8. The van der Waals surface area contributed by atoms with Crippen LogP contribution in [-0.4, -0.2) is 14.0 Å². The number of benzene rings is 6. The van der Waals surface area contributed by atoms with E-state index in [1.807, 2.05) is 0 Å². The lowest BCUT2D eigenvalue weighted by molar-refractivity contribution is 1.09. The minimum absolute atomic E-state index is 0.904. The molecule has 0 unspecified atom stereocenters. The highest BCUT2D eigenvalue weighted by atomic mass is 15.1. The second-order valence-electron chi connectivity index (χ2n) is 12.0. The number of rotatable bonds is 3. The highest BCUT2D eigenvalue weighted by molar-refractivity contribution is 6.28. The van der Waals surface area contributed by atoms with Crippen molar-refractivity contribution >= 4 is 59.9 Å². The van der Waals surface area contributed by atoms with Gasteiger partial charge >= 0.3 is 0 Å². The number of aromatic nitrogens is 3. The van der Waals surface area contributed by atoms with E-state index < -0.39 is 0 Å². The fraction of sp³-hybridized carbons (Fsp3) is 0. The Kier molecular flexibility index (Phi) is 5.28. The predicted octanol–water partition coefficient (Wildman–Crippen LogP) is 11.2. The van der Waals surface area contributed by atoms with Crippen LogP contribution in [0.25, 0.3) is 88.1 Å². The van der Waals surface area contributed by atoms with Crippen molar-refractivity contribution in [1.82, 2.24) is 14.0 Å². The molecule has 214 valence electrons. The van der Waals surface area contributed by atoms with E-state index in [9.17, 15) is 0 Å². The van der Waals surface area contributed by atoms with Gasteiger partial charge in [-0.2, -0.15) is 0 Å². The minimum Gasteiger partial charge on any atom is -0.309 e. The molecule has 0 aliphatic heterocycles. The van der Waals surface area contributed by atoms with Crippen LogP contribution in [-0.2, 0) is 0 Å². The molecule has 3 nitrogen and oxygen atoms in total. The van der Waals surface area contributed by atoms with Crippen LogP contribution in [0.3, 0.4) is 0 Å². The third-order valence-corrected chi connectivity index (χ3v) is 9.46. The van der Waals surface area contributed by atoms with Gasteiger partial charge in [0.15, 0.2) is 0 Å². The maximum Gasteiger partial charge on any atom is 0.138 e. The van der Waals surface area contributed by atoms with E-state index in [0.717, 1.165) is 28.2 Å². The summed E-state index contributed by atoms with van der Waals surface area (Å²) in [5, 5.41) is 7.38. The molecule has 0 aliphatic carbocycles. The molecular formula is C43H27N3. The van der Waals surface area contributed by atoms with E-state index in [2.05, 4.69) is 173 Å². The molecule has 0 amide bonds. The van der Waals surface area contributed by atoms with Gasteiger partial charge in [0.2, 0.25) is 0 Å². The van der Waals surface area contributed by atoms with Crippen molar-refractivity contribution < 1.29 is 0 Å². The van der Waals surface area contributed by atoms with Crippen molar-refractivity contribution in [2.75, 3.05) is 0 Å². The van der Waals surface area contributed by atoms with Crippen molar-refractivity contribution in [3.8, 4) is 28.2 Å². The highest BCUT2D eigenvalue weighted by Gasteiger charge is 2.21. The molecule has 4 aromatic heterocycles. The first-order valence-electron chi connectivity index (χ1n) is 15.7. The van der Waals surface area contributed by atoms with Crippen LogP contribution in [0.4, 0.5) is 0 Å². The van der Waals surface area contributed by atoms with Crippen molar-refractivity contribution in [3.05, 3.63) is 164 Å². The molecule has 0 N–H and O–H groups in total. The third-order valence-electron chi connectivity index (χ3n) is 9.46. The topological polar surface area (TPSA) is 22.2 Å². The van der Waals surface area contributed by atoms with E-state index in [1.54, 1.807) is 0 Å². The van der Waals surface area contributed by atoms with Crippen molar-refractivity contribution in [2.24, 2.45) is 0 Å². The zero-order chi connectivity index (χ0) is 30.2. The zero-order valence-electron chi connectivity index (χ0n) is 24.9. The van der Waals surface area contributed by atoms with E-state index in [0.29, 0.717) is 0 Å². The van der Waals surface area contributed by atoms with Gasteiger partial charge in [-0.25, -0.2) is 4.98 Å². The molecule has 3 heteroatoms. The second kappa shape index (κ2) is 9.65. The molecule has 0 aliphatic rings. The quantitative estimate of drug-likeness (QED) is 0.189. The van der Waals surface area contributed by atoms with Gasteiger partial charge in [-0.3, -0.25) is 4.57 Å². The van der Waals surface area contributed by atoms with Crippen LogP contribution in [0, 0.1) is 0 Å². The third kappa shape index (κ3) is 3.57. The zero-order valence-corrected chi connectivity index (χ0v) is 24.9. The molecule has 0 saturated heterocycles. The molecule has 0 radical (unpaired) electrons. The van der Waals surface area contributed by atoms with E-state index in [4.69, 9.17) is 4.98 Å². The summed E-state index contributed by atoms with van der Waals surface area (Å²) in [5.74, 6) is 0.904. The summed E-state index contributed by atoms with van der Waals surface area (Å²) in [7, 11) is 0. The Morgan fingerprint density at radius 3 is 1.78 bits per heavy atom. The van der Waals surface area contributed by atoms with E-state index in [-0.39, 0.29) is 0 Å². The molecular weight excluding hydrogens is 558 g/mol. The van der Waals surface area contributed by atoms with Crippen LogP contribution >= 0.6 is 0 Å². The lowest BCUT2D eigenvalue weighted by Crippen LogP contribution is -2.01. The standard InChI is InChI=1S/C43H27N3/c1-3-13-28(14-4-1)31-25-36(29-15-5-2-6-16-29)44-41(27-31)46-39-22-12-9-19-33(39)35-24-23-34-32-18-8-11-21-38(32)45-37-20-10-7-17-30(37)26-40(45)42(34)43(35)46/h1-27H. The molecule has 0 atom stereocenters. The predicted molar refractivity (Wildman–Crippen MR) is 193 cm³/mol.